The maximum absolute atomic E-state index is 5.28. The van der Waals surface area contributed by atoms with Crippen LogP contribution in [0.2, 0.25) is 0 Å². The van der Waals surface area contributed by atoms with Crippen molar-refractivity contribution in [2.45, 2.75) is 64.3 Å². The molecule has 1 atom stereocenters. The molecule has 26 heavy (non-hydrogen) atoms. The first-order valence-corrected chi connectivity index (χ1v) is 10.2. The molecule has 3 rings (SSSR count). The van der Waals surface area contributed by atoms with Crippen molar-refractivity contribution < 1.29 is 4.52 Å². The van der Waals surface area contributed by atoms with Crippen LogP contribution in [-0.2, 0) is 6.42 Å². The first-order valence-electron chi connectivity index (χ1n) is 10.2. The molecule has 1 unspecified atom stereocenters. The zero-order valence-corrected chi connectivity index (χ0v) is 16.5. The summed E-state index contributed by atoms with van der Waals surface area (Å²) in [4.78, 5) is 11.4. The Hall–Kier alpha value is -1.63. The third-order valence-corrected chi connectivity index (χ3v) is 5.46. The quantitative estimate of drug-likeness (QED) is 0.572. The molecule has 2 aliphatic rings. The van der Waals surface area contributed by atoms with Crippen LogP contribution >= 0.6 is 0 Å². The Balaban J connectivity index is 1.36. The van der Waals surface area contributed by atoms with E-state index in [0.29, 0.717) is 24.3 Å². The molecule has 2 fully saturated rings. The Bertz CT molecular complexity index is 578. The molecule has 1 aromatic rings. The van der Waals surface area contributed by atoms with Gasteiger partial charge in [0.05, 0.1) is 0 Å². The van der Waals surface area contributed by atoms with Crippen LogP contribution < -0.4 is 10.6 Å². The van der Waals surface area contributed by atoms with Crippen LogP contribution in [0, 0.1) is 5.92 Å². The van der Waals surface area contributed by atoms with Crippen molar-refractivity contribution >= 4 is 5.96 Å². The second-order valence-electron chi connectivity index (χ2n) is 7.99. The van der Waals surface area contributed by atoms with Crippen molar-refractivity contribution in [1.29, 1.82) is 0 Å². The van der Waals surface area contributed by atoms with E-state index in [1.54, 1.807) is 0 Å². The predicted molar refractivity (Wildman–Crippen MR) is 103 cm³/mol. The molecule has 7 heteroatoms. The van der Waals surface area contributed by atoms with Crippen molar-refractivity contribution in [3.8, 4) is 0 Å². The van der Waals surface area contributed by atoms with Gasteiger partial charge in [0.25, 0.3) is 0 Å². The normalized spacial score (nSPS) is 22.5. The van der Waals surface area contributed by atoms with E-state index in [0.717, 1.165) is 30.8 Å². The van der Waals surface area contributed by atoms with Crippen LogP contribution in [0.15, 0.2) is 9.52 Å². The summed E-state index contributed by atoms with van der Waals surface area (Å²) in [6, 6.07) is 0.485. The Morgan fingerprint density at radius 2 is 2.12 bits per heavy atom. The molecule has 1 saturated heterocycles. The number of rotatable bonds is 7. The van der Waals surface area contributed by atoms with Crippen LogP contribution in [0.25, 0.3) is 0 Å². The van der Waals surface area contributed by atoms with E-state index < -0.39 is 0 Å². The highest BCUT2D eigenvalue weighted by Crippen LogP contribution is 2.26. The first-order chi connectivity index (χ1) is 12.6. The van der Waals surface area contributed by atoms with E-state index in [-0.39, 0.29) is 0 Å². The number of hydrogen-bond acceptors (Lipinski definition) is 5. The lowest BCUT2D eigenvalue weighted by Gasteiger charge is -2.21. The fourth-order valence-electron chi connectivity index (χ4n) is 3.95. The fourth-order valence-corrected chi connectivity index (χ4v) is 3.95. The third kappa shape index (κ3) is 5.43. The predicted octanol–water partition coefficient (Wildman–Crippen LogP) is 2.16. The number of likely N-dealkylation sites (tertiary alicyclic amines) is 1. The molecule has 1 aromatic heterocycles. The highest BCUT2D eigenvalue weighted by molar-refractivity contribution is 5.80. The number of nitrogens with zero attached hydrogens (tertiary/aromatic N) is 4. The molecule has 0 radical (unpaired) electrons. The Morgan fingerprint density at radius 1 is 1.31 bits per heavy atom. The largest absolute Gasteiger partial charge is 0.356 e. The second kappa shape index (κ2) is 9.35. The smallest absolute Gasteiger partial charge is 0.228 e. The molecule has 2 heterocycles. The summed E-state index contributed by atoms with van der Waals surface area (Å²) in [6.45, 7) is 8.47. The number of hydrogen-bond donors (Lipinski definition) is 2. The molecule has 1 aliphatic carbocycles. The topological polar surface area (TPSA) is 78.6 Å². The standard InChI is InChI=1S/C19H34N6O/c1-14(2)18-23-17(26-24-18)8-10-21-19(20-3)22-16-9-11-25(13-16)12-15-6-4-5-7-15/h14-16H,4-13H2,1-3H3,(H2,20,21,22). The van der Waals surface area contributed by atoms with Gasteiger partial charge in [0.15, 0.2) is 11.8 Å². The minimum Gasteiger partial charge on any atom is -0.356 e. The van der Waals surface area contributed by atoms with Crippen LogP contribution in [0.3, 0.4) is 0 Å². The van der Waals surface area contributed by atoms with Gasteiger partial charge in [-0.15, -0.1) is 0 Å². The zero-order chi connectivity index (χ0) is 18.4. The molecule has 1 saturated carbocycles. The van der Waals surface area contributed by atoms with Gasteiger partial charge in [-0.1, -0.05) is 31.8 Å². The summed E-state index contributed by atoms with van der Waals surface area (Å²) >= 11 is 0. The lowest BCUT2D eigenvalue weighted by atomic mass is 10.1. The van der Waals surface area contributed by atoms with Crippen LogP contribution in [0.1, 0.15) is 63.6 Å². The van der Waals surface area contributed by atoms with Crippen molar-refractivity contribution in [3.05, 3.63) is 11.7 Å². The van der Waals surface area contributed by atoms with Gasteiger partial charge in [-0.05, 0) is 25.2 Å². The molecular formula is C19H34N6O. The highest BCUT2D eigenvalue weighted by Gasteiger charge is 2.26. The van der Waals surface area contributed by atoms with Gasteiger partial charge >= 0.3 is 0 Å². The van der Waals surface area contributed by atoms with Crippen molar-refractivity contribution in [3.63, 3.8) is 0 Å². The van der Waals surface area contributed by atoms with Crippen LogP contribution in [0.5, 0.6) is 0 Å². The average molecular weight is 363 g/mol. The average Bonchev–Trinajstić information content (AvgIpc) is 3.36. The van der Waals surface area contributed by atoms with E-state index >= 15 is 0 Å². The van der Waals surface area contributed by atoms with E-state index in [1.165, 1.54) is 45.2 Å². The summed E-state index contributed by atoms with van der Waals surface area (Å²) in [5.74, 6) is 3.54. The van der Waals surface area contributed by atoms with Crippen LogP contribution in [0.4, 0.5) is 0 Å². The van der Waals surface area contributed by atoms with Crippen molar-refractivity contribution in [2.75, 3.05) is 33.2 Å². The molecule has 0 spiro atoms. The molecule has 0 amide bonds. The monoisotopic (exact) mass is 362 g/mol. The highest BCUT2D eigenvalue weighted by atomic mass is 16.5. The van der Waals surface area contributed by atoms with E-state index in [4.69, 9.17) is 4.52 Å². The minimum absolute atomic E-state index is 0.296. The molecule has 146 valence electrons. The number of guanidine groups is 1. The Kier molecular flexibility index (Phi) is 6.88. The van der Waals surface area contributed by atoms with Crippen LogP contribution in [-0.4, -0.2) is 60.3 Å². The van der Waals surface area contributed by atoms with Crippen molar-refractivity contribution in [1.82, 2.24) is 25.7 Å². The Morgan fingerprint density at radius 3 is 2.81 bits per heavy atom. The molecular weight excluding hydrogens is 328 g/mol. The molecule has 2 N–H and O–H groups in total. The van der Waals surface area contributed by atoms with Gasteiger partial charge in [-0.3, -0.25) is 4.99 Å². The molecule has 0 aromatic carbocycles. The number of aliphatic imine (C=N–C) groups is 1. The summed E-state index contributed by atoms with van der Waals surface area (Å²) in [5, 5.41) is 10.9. The lowest BCUT2D eigenvalue weighted by molar-refractivity contribution is 0.275. The SMILES string of the molecule is CN=C(NCCc1nc(C(C)C)no1)NC1CCN(CC2CCCC2)C1. The minimum atomic E-state index is 0.296. The zero-order valence-electron chi connectivity index (χ0n) is 16.5. The summed E-state index contributed by atoms with van der Waals surface area (Å²) in [7, 11) is 1.82. The van der Waals surface area contributed by atoms with Gasteiger partial charge in [0, 0.05) is 51.6 Å². The molecule has 1 aliphatic heterocycles. The second-order valence-corrected chi connectivity index (χ2v) is 7.99. The fraction of sp³-hybridized carbons (Fsp3) is 0.842. The summed E-state index contributed by atoms with van der Waals surface area (Å²) in [6.07, 6.45) is 7.59. The maximum Gasteiger partial charge on any atom is 0.228 e. The van der Waals surface area contributed by atoms with Gasteiger partial charge in [-0.2, -0.15) is 4.98 Å². The van der Waals surface area contributed by atoms with Crippen molar-refractivity contribution in [2.24, 2.45) is 10.9 Å². The van der Waals surface area contributed by atoms with E-state index in [1.807, 2.05) is 7.05 Å². The van der Waals surface area contributed by atoms with Gasteiger partial charge in [-0.25, -0.2) is 0 Å². The molecule has 7 nitrogen and oxygen atoms in total. The summed E-state index contributed by atoms with van der Waals surface area (Å²) in [5.41, 5.74) is 0. The van der Waals surface area contributed by atoms with E-state index in [9.17, 15) is 0 Å². The van der Waals surface area contributed by atoms with Gasteiger partial charge in [0.1, 0.15) is 0 Å². The summed E-state index contributed by atoms with van der Waals surface area (Å²) < 4.78 is 5.28. The maximum atomic E-state index is 5.28. The molecule has 0 bridgehead atoms. The first kappa shape index (κ1) is 19.1. The third-order valence-electron chi connectivity index (χ3n) is 5.46. The number of aromatic nitrogens is 2. The van der Waals surface area contributed by atoms with E-state index in [2.05, 4.69) is 44.5 Å². The number of nitrogens with one attached hydrogen (secondary N) is 2. The Labute approximate surface area is 157 Å². The van der Waals surface area contributed by atoms with Gasteiger partial charge in [0.2, 0.25) is 5.89 Å². The lowest BCUT2D eigenvalue weighted by Crippen LogP contribution is -2.45. The van der Waals surface area contributed by atoms with Gasteiger partial charge < -0.3 is 20.1 Å².